The highest BCUT2D eigenvalue weighted by atomic mass is 32.1. The molecule has 1 unspecified atom stereocenters. The number of anilines is 2. The first-order valence-electron chi connectivity index (χ1n) is 4.77. The summed E-state index contributed by atoms with van der Waals surface area (Å²) in [6.07, 6.45) is 0.844. The summed E-state index contributed by atoms with van der Waals surface area (Å²) in [5, 5.41) is 16.7. The Morgan fingerprint density at radius 1 is 1.50 bits per heavy atom. The minimum Gasteiger partial charge on any atom is -0.387 e. The predicted octanol–water partition coefficient (Wildman–Crippen LogP) is 1.27. The molecule has 0 spiro atoms. The van der Waals surface area contributed by atoms with E-state index in [2.05, 4.69) is 15.3 Å². The van der Waals surface area contributed by atoms with Gasteiger partial charge in [0.2, 0.25) is 0 Å². The molecule has 0 aliphatic carbocycles. The Morgan fingerprint density at radius 2 is 2.38 bits per heavy atom. The van der Waals surface area contributed by atoms with E-state index in [0.717, 1.165) is 5.56 Å². The van der Waals surface area contributed by atoms with Crippen LogP contribution in [0.15, 0.2) is 29.2 Å². The lowest BCUT2D eigenvalue weighted by molar-refractivity contribution is 0.192. The summed E-state index contributed by atoms with van der Waals surface area (Å²) in [5.41, 5.74) is 6.41. The van der Waals surface area contributed by atoms with Gasteiger partial charge in [-0.05, 0) is 22.4 Å². The lowest BCUT2D eigenvalue weighted by atomic mass is 10.2. The number of nitrogens with zero attached hydrogens (tertiary/aromatic N) is 2. The van der Waals surface area contributed by atoms with Crippen molar-refractivity contribution in [2.24, 2.45) is 0 Å². The highest BCUT2D eigenvalue weighted by Gasteiger charge is 2.07. The average Bonchev–Trinajstić information content (AvgIpc) is 2.79. The molecule has 0 aliphatic heterocycles. The first-order valence-corrected chi connectivity index (χ1v) is 5.71. The number of hydrogen-bond acceptors (Lipinski definition) is 6. The van der Waals surface area contributed by atoms with E-state index in [-0.39, 0.29) is 0 Å². The van der Waals surface area contributed by atoms with E-state index in [1.165, 1.54) is 6.33 Å². The minimum absolute atomic E-state index is 0.396. The highest BCUT2D eigenvalue weighted by molar-refractivity contribution is 7.07. The highest BCUT2D eigenvalue weighted by Crippen LogP contribution is 2.16. The lowest BCUT2D eigenvalue weighted by Crippen LogP contribution is -2.12. The number of hydrogen-bond donors (Lipinski definition) is 3. The second-order valence-electron chi connectivity index (χ2n) is 3.28. The summed E-state index contributed by atoms with van der Waals surface area (Å²) in [4.78, 5) is 7.76. The standard InChI is InChI=1S/C10H12N4OS/c11-9-3-10(14-6-13-9)12-4-8(15)7-1-2-16-5-7/h1-3,5-6,8,15H,4H2,(H3,11,12,13,14). The van der Waals surface area contributed by atoms with Gasteiger partial charge in [0, 0.05) is 12.6 Å². The van der Waals surface area contributed by atoms with Gasteiger partial charge in [-0.25, -0.2) is 9.97 Å². The third kappa shape index (κ3) is 2.68. The molecule has 2 rings (SSSR count). The van der Waals surface area contributed by atoms with Gasteiger partial charge >= 0.3 is 0 Å². The number of thiophene rings is 1. The van der Waals surface area contributed by atoms with Crippen LogP contribution in [-0.4, -0.2) is 21.6 Å². The Hall–Kier alpha value is -1.66. The van der Waals surface area contributed by atoms with E-state index >= 15 is 0 Å². The van der Waals surface area contributed by atoms with Crippen LogP contribution in [0.25, 0.3) is 0 Å². The maximum absolute atomic E-state index is 9.81. The molecule has 6 heteroatoms. The molecule has 0 saturated carbocycles. The third-order valence-electron chi connectivity index (χ3n) is 2.09. The summed E-state index contributed by atoms with van der Waals surface area (Å²) in [6, 6.07) is 3.52. The van der Waals surface area contributed by atoms with Crippen LogP contribution >= 0.6 is 11.3 Å². The second kappa shape index (κ2) is 4.91. The maximum atomic E-state index is 9.81. The van der Waals surface area contributed by atoms with Crippen LogP contribution in [0.5, 0.6) is 0 Å². The van der Waals surface area contributed by atoms with Gasteiger partial charge in [-0.1, -0.05) is 0 Å². The predicted molar refractivity (Wildman–Crippen MR) is 64.2 cm³/mol. The number of aliphatic hydroxyl groups is 1. The fourth-order valence-electron chi connectivity index (χ4n) is 1.25. The van der Waals surface area contributed by atoms with E-state index in [0.29, 0.717) is 18.2 Å². The van der Waals surface area contributed by atoms with Crippen molar-refractivity contribution in [2.75, 3.05) is 17.6 Å². The molecule has 2 aromatic heterocycles. The van der Waals surface area contributed by atoms with Crippen LogP contribution < -0.4 is 11.1 Å². The van der Waals surface area contributed by atoms with Gasteiger partial charge in [-0.3, -0.25) is 0 Å². The van der Waals surface area contributed by atoms with Gasteiger partial charge in [0.05, 0.1) is 6.10 Å². The Morgan fingerprint density at radius 3 is 3.06 bits per heavy atom. The zero-order chi connectivity index (χ0) is 11.4. The molecule has 4 N–H and O–H groups in total. The van der Waals surface area contributed by atoms with Crippen LogP contribution in [0.4, 0.5) is 11.6 Å². The molecule has 0 amide bonds. The van der Waals surface area contributed by atoms with Gasteiger partial charge in [0.1, 0.15) is 18.0 Å². The Balaban J connectivity index is 1.92. The number of aromatic nitrogens is 2. The number of rotatable bonds is 4. The van der Waals surface area contributed by atoms with Gasteiger partial charge in [-0.15, -0.1) is 0 Å². The van der Waals surface area contributed by atoms with Crippen LogP contribution in [0.2, 0.25) is 0 Å². The SMILES string of the molecule is Nc1cc(NCC(O)c2ccsc2)ncn1. The molecule has 0 saturated heterocycles. The van der Waals surface area contributed by atoms with Crippen molar-refractivity contribution in [1.82, 2.24) is 9.97 Å². The molecule has 16 heavy (non-hydrogen) atoms. The fourth-order valence-corrected chi connectivity index (χ4v) is 1.96. The molecule has 0 fully saturated rings. The molecular formula is C10H12N4OS. The molecule has 0 aliphatic rings. The van der Waals surface area contributed by atoms with Gasteiger partial charge in [-0.2, -0.15) is 11.3 Å². The van der Waals surface area contributed by atoms with Gasteiger partial charge in [0.15, 0.2) is 0 Å². The summed E-state index contributed by atoms with van der Waals surface area (Å²) in [5.74, 6) is 1.02. The van der Waals surface area contributed by atoms with Crippen LogP contribution in [0.3, 0.4) is 0 Å². The molecule has 0 aromatic carbocycles. The van der Waals surface area contributed by atoms with E-state index in [4.69, 9.17) is 5.73 Å². The van der Waals surface area contributed by atoms with Crippen molar-refractivity contribution in [1.29, 1.82) is 0 Å². The summed E-state index contributed by atoms with van der Waals surface area (Å²) < 4.78 is 0. The molecule has 2 heterocycles. The van der Waals surface area contributed by atoms with Crippen molar-refractivity contribution < 1.29 is 5.11 Å². The molecule has 0 radical (unpaired) electrons. The van der Waals surface area contributed by atoms with Crippen molar-refractivity contribution in [3.8, 4) is 0 Å². The Labute approximate surface area is 97.0 Å². The van der Waals surface area contributed by atoms with Crippen LogP contribution in [0.1, 0.15) is 11.7 Å². The number of nitrogen functional groups attached to an aromatic ring is 1. The summed E-state index contributed by atoms with van der Waals surface area (Å²) in [6.45, 7) is 0.396. The van der Waals surface area contributed by atoms with E-state index in [9.17, 15) is 5.11 Å². The topological polar surface area (TPSA) is 84.1 Å². The molecule has 1 atom stereocenters. The first-order chi connectivity index (χ1) is 7.75. The second-order valence-corrected chi connectivity index (χ2v) is 4.06. The largest absolute Gasteiger partial charge is 0.387 e. The molecule has 84 valence electrons. The zero-order valence-electron chi connectivity index (χ0n) is 8.50. The number of nitrogens with one attached hydrogen (secondary N) is 1. The normalized spacial score (nSPS) is 12.3. The van der Waals surface area contributed by atoms with E-state index in [1.807, 2.05) is 16.8 Å². The quantitative estimate of drug-likeness (QED) is 0.744. The average molecular weight is 236 g/mol. The molecule has 5 nitrogen and oxygen atoms in total. The van der Waals surface area contributed by atoms with Gasteiger partial charge in [0.25, 0.3) is 0 Å². The van der Waals surface area contributed by atoms with E-state index < -0.39 is 6.10 Å². The maximum Gasteiger partial charge on any atom is 0.131 e. The lowest BCUT2D eigenvalue weighted by Gasteiger charge is -2.10. The van der Waals surface area contributed by atoms with E-state index in [1.54, 1.807) is 17.4 Å². The zero-order valence-corrected chi connectivity index (χ0v) is 9.31. The van der Waals surface area contributed by atoms with Crippen LogP contribution in [0, 0.1) is 0 Å². The van der Waals surface area contributed by atoms with Gasteiger partial charge < -0.3 is 16.2 Å². The summed E-state index contributed by atoms with van der Waals surface area (Å²) >= 11 is 1.56. The Bertz CT molecular complexity index is 446. The molecule has 0 bridgehead atoms. The number of nitrogens with two attached hydrogens (primary N) is 1. The Kier molecular flexibility index (Phi) is 3.33. The smallest absolute Gasteiger partial charge is 0.131 e. The molecular weight excluding hydrogens is 224 g/mol. The first kappa shape index (κ1) is 10.8. The number of aliphatic hydroxyl groups excluding tert-OH is 1. The van der Waals surface area contributed by atoms with Crippen molar-refractivity contribution >= 4 is 23.0 Å². The van der Waals surface area contributed by atoms with Crippen molar-refractivity contribution in [3.63, 3.8) is 0 Å². The van der Waals surface area contributed by atoms with Crippen LogP contribution in [-0.2, 0) is 0 Å². The van der Waals surface area contributed by atoms with Crippen molar-refractivity contribution in [3.05, 3.63) is 34.8 Å². The third-order valence-corrected chi connectivity index (χ3v) is 2.79. The monoisotopic (exact) mass is 236 g/mol. The van der Waals surface area contributed by atoms with Crippen molar-refractivity contribution in [2.45, 2.75) is 6.10 Å². The summed E-state index contributed by atoms with van der Waals surface area (Å²) in [7, 11) is 0. The fraction of sp³-hybridized carbons (Fsp3) is 0.200. The molecule has 2 aromatic rings. The minimum atomic E-state index is -0.539.